The summed E-state index contributed by atoms with van der Waals surface area (Å²) in [6, 6.07) is 7.41. The molecule has 1 aliphatic carbocycles. The zero-order chi connectivity index (χ0) is 15.1. The number of carboxylic acid groups (broad SMARTS) is 1. The number of hydrogen-bond donors (Lipinski definition) is 1. The summed E-state index contributed by atoms with van der Waals surface area (Å²) < 4.78 is 6.31. The number of hydrogen-bond acceptors (Lipinski definition) is 3. The Balaban J connectivity index is 2.16. The van der Waals surface area contributed by atoms with Crippen molar-refractivity contribution in [3.8, 4) is 0 Å². The molecule has 0 saturated heterocycles. The highest BCUT2D eigenvalue weighted by Gasteiger charge is 2.40. The summed E-state index contributed by atoms with van der Waals surface area (Å²) in [7, 11) is 0. The van der Waals surface area contributed by atoms with E-state index in [1.807, 2.05) is 25.1 Å². The average molecular weight is 347 g/mol. The molecule has 106 valence electrons. The van der Waals surface area contributed by atoms with Crippen LogP contribution in [-0.4, -0.2) is 16.9 Å². The van der Waals surface area contributed by atoms with E-state index >= 15 is 0 Å². The molecule has 5 heteroatoms. The molecule has 3 rings (SSSR count). The molecule has 4 nitrogen and oxygen atoms in total. The van der Waals surface area contributed by atoms with E-state index in [4.69, 9.17) is 4.74 Å². The summed E-state index contributed by atoms with van der Waals surface area (Å²) in [5, 5.41) is 9.49. The molecule has 1 aromatic rings. The van der Waals surface area contributed by atoms with E-state index in [0.717, 1.165) is 11.1 Å². The van der Waals surface area contributed by atoms with E-state index in [2.05, 4.69) is 15.9 Å². The van der Waals surface area contributed by atoms with Crippen LogP contribution in [0.15, 0.2) is 57.8 Å². The van der Waals surface area contributed by atoms with Crippen LogP contribution in [0.4, 0.5) is 0 Å². The SMILES string of the molecule is Cc1cccc(C2OC3=CC(Br)=CC(=O)C3=C2C(=O)O)c1. The van der Waals surface area contributed by atoms with Crippen molar-refractivity contribution in [1.29, 1.82) is 0 Å². The second-order valence-electron chi connectivity index (χ2n) is 4.91. The third-order valence-electron chi connectivity index (χ3n) is 3.38. The van der Waals surface area contributed by atoms with Gasteiger partial charge >= 0.3 is 5.97 Å². The van der Waals surface area contributed by atoms with Crippen molar-refractivity contribution in [3.63, 3.8) is 0 Å². The zero-order valence-corrected chi connectivity index (χ0v) is 12.7. The number of ether oxygens (including phenoxy) is 1. The molecule has 1 aliphatic heterocycles. The highest BCUT2D eigenvalue weighted by atomic mass is 79.9. The summed E-state index contributed by atoms with van der Waals surface area (Å²) in [5.74, 6) is -1.19. The van der Waals surface area contributed by atoms with Crippen LogP contribution in [0.3, 0.4) is 0 Å². The van der Waals surface area contributed by atoms with Crippen molar-refractivity contribution in [2.75, 3.05) is 0 Å². The summed E-state index contributed by atoms with van der Waals surface area (Å²) in [4.78, 5) is 23.7. The van der Waals surface area contributed by atoms with Crippen molar-refractivity contribution in [1.82, 2.24) is 0 Å². The number of ketones is 1. The average Bonchev–Trinajstić information content (AvgIpc) is 2.78. The molecule has 0 amide bonds. The fourth-order valence-corrected chi connectivity index (χ4v) is 2.94. The lowest BCUT2D eigenvalue weighted by Gasteiger charge is -2.14. The van der Waals surface area contributed by atoms with Gasteiger partial charge in [0, 0.05) is 10.6 Å². The lowest BCUT2D eigenvalue weighted by Crippen LogP contribution is -2.12. The first kappa shape index (κ1) is 13.8. The molecule has 0 aromatic heterocycles. The normalized spacial score (nSPS) is 20.7. The minimum Gasteiger partial charge on any atom is -0.480 e. The topological polar surface area (TPSA) is 63.6 Å². The van der Waals surface area contributed by atoms with Gasteiger partial charge in [-0.2, -0.15) is 0 Å². The molecule has 1 aromatic carbocycles. The summed E-state index contributed by atoms with van der Waals surface area (Å²) in [6.07, 6.45) is 2.21. The van der Waals surface area contributed by atoms with Gasteiger partial charge in [-0.15, -0.1) is 0 Å². The van der Waals surface area contributed by atoms with Gasteiger partial charge in [-0.05, 0) is 18.6 Å². The van der Waals surface area contributed by atoms with Crippen LogP contribution < -0.4 is 0 Å². The lowest BCUT2D eigenvalue weighted by molar-refractivity contribution is -0.133. The minimum absolute atomic E-state index is 0.00639. The fourth-order valence-electron chi connectivity index (χ4n) is 2.52. The molecule has 0 fully saturated rings. The van der Waals surface area contributed by atoms with Crippen LogP contribution in [0.5, 0.6) is 0 Å². The fraction of sp³-hybridized carbons (Fsp3) is 0.125. The number of fused-ring (bicyclic) bond motifs is 1. The molecular weight excluding hydrogens is 336 g/mol. The number of allylic oxidation sites excluding steroid dienone is 4. The maximum absolute atomic E-state index is 12.1. The Morgan fingerprint density at radius 3 is 2.76 bits per heavy atom. The molecule has 0 radical (unpaired) electrons. The molecular formula is C16H11BrO4. The largest absolute Gasteiger partial charge is 0.480 e. The molecule has 2 aliphatic rings. The van der Waals surface area contributed by atoms with Crippen molar-refractivity contribution >= 4 is 27.7 Å². The number of halogens is 1. The number of carboxylic acids is 1. The Kier molecular flexibility index (Phi) is 3.29. The second kappa shape index (κ2) is 5.00. The summed E-state index contributed by atoms with van der Waals surface area (Å²) >= 11 is 3.22. The molecule has 0 bridgehead atoms. The van der Waals surface area contributed by atoms with E-state index < -0.39 is 12.1 Å². The number of rotatable bonds is 2. The van der Waals surface area contributed by atoms with Crippen molar-refractivity contribution in [2.24, 2.45) is 0 Å². The molecule has 0 saturated carbocycles. The van der Waals surface area contributed by atoms with Gasteiger partial charge in [-0.25, -0.2) is 4.79 Å². The molecule has 1 N–H and O–H groups in total. The number of carbonyl (C=O) groups excluding carboxylic acids is 1. The van der Waals surface area contributed by atoms with E-state index in [9.17, 15) is 14.7 Å². The highest BCUT2D eigenvalue weighted by Crippen LogP contribution is 2.43. The third kappa shape index (κ3) is 2.34. The Labute approximate surface area is 129 Å². The van der Waals surface area contributed by atoms with Crippen LogP contribution >= 0.6 is 15.9 Å². The predicted molar refractivity (Wildman–Crippen MR) is 79.8 cm³/mol. The molecule has 21 heavy (non-hydrogen) atoms. The Morgan fingerprint density at radius 1 is 1.33 bits per heavy atom. The maximum Gasteiger partial charge on any atom is 0.336 e. The van der Waals surface area contributed by atoms with Gasteiger partial charge in [0.1, 0.15) is 5.76 Å². The highest BCUT2D eigenvalue weighted by molar-refractivity contribution is 9.11. The van der Waals surface area contributed by atoms with Gasteiger partial charge in [0.25, 0.3) is 0 Å². The smallest absolute Gasteiger partial charge is 0.336 e. The van der Waals surface area contributed by atoms with Crippen LogP contribution in [0.1, 0.15) is 17.2 Å². The number of aliphatic carboxylic acids is 1. The van der Waals surface area contributed by atoms with E-state index in [1.165, 1.54) is 6.08 Å². The monoisotopic (exact) mass is 346 g/mol. The summed E-state index contributed by atoms with van der Waals surface area (Å²) in [5.41, 5.74) is 1.85. The lowest BCUT2D eigenvalue weighted by atomic mass is 9.94. The van der Waals surface area contributed by atoms with Crippen LogP contribution in [0.25, 0.3) is 0 Å². The van der Waals surface area contributed by atoms with Crippen molar-refractivity contribution < 1.29 is 19.4 Å². The van der Waals surface area contributed by atoms with Gasteiger partial charge in [0.05, 0.1) is 11.1 Å². The Bertz CT molecular complexity index is 755. The third-order valence-corrected chi connectivity index (χ3v) is 3.84. The van der Waals surface area contributed by atoms with Crippen LogP contribution in [0, 0.1) is 6.92 Å². The van der Waals surface area contributed by atoms with Crippen molar-refractivity contribution in [2.45, 2.75) is 13.0 Å². The molecule has 1 atom stereocenters. The van der Waals surface area contributed by atoms with Crippen LogP contribution in [0.2, 0.25) is 0 Å². The number of benzene rings is 1. The second-order valence-corrected chi connectivity index (χ2v) is 5.82. The quantitative estimate of drug-likeness (QED) is 0.893. The van der Waals surface area contributed by atoms with Gasteiger partial charge in [-0.3, -0.25) is 4.79 Å². The minimum atomic E-state index is -1.14. The van der Waals surface area contributed by atoms with E-state index in [0.29, 0.717) is 10.2 Å². The Hall–Kier alpha value is -2.14. The molecule has 1 unspecified atom stereocenters. The van der Waals surface area contributed by atoms with E-state index in [-0.39, 0.29) is 16.9 Å². The van der Waals surface area contributed by atoms with Crippen molar-refractivity contribution in [3.05, 3.63) is 68.9 Å². The summed E-state index contributed by atoms with van der Waals surface area (Å²) in [6.45, 7) is 1.92. The van der Waals surface area contributed by atoms with Gasteiger partial charge in [0.15, 0.2) is 11.9 Å². The van der Waals surface area contributed by atoms with Gasteiger partial charge in [-0.1, -0.05) is 45.8 Å². The number of aryl methyl sites for hydroxylation is 1. The predicted octanol–water partition coefficient (Wildman–Crippen LogP) is 3.19. The molecule has 1 heterocycles. The van der Waals surface area contributed by atoms with Crippen LogP contribution in [-0.2, 0) is 14.3 Å². The first-order chi connectivity index (χ1) is 9.97. The first-order valence-corrected chi connectivity index (χ1v) is 7.11. The number of carbonyl (C=O) groups is 2. The standard InChI is InChI=1S/C16H11BrO4/c1-8-3-2-4-9(5-8)15-14(16(19)20)13-11(18)6-10(17)7-12(13)21-15/h2-7,15H,1H3,(H,19,20). The zero-order valence-electron chi connectivity index (χ0n) is 11.1. The van der Waals surface area contributed by atoms with Gasteiger partial charge < -0.3 is 9.84 Å². The van der Waals surface area contributed by atoms with E-state index in [1.54, 1.807) is 12.1 Å². The maximum atomic E-state index is 12.1. The Morgan fingerprint density at radius 2 is 2.10 bits per heavy atom. The van der Waals surface area contributed by atoms with Gasteiger partial charge in [0.2, 0.25) is 0 Å². The first-order valence-electron chi connectivity index (χ1n) is 6.31. The molecule has 0 spiro atoms.